The first kappa shape index (κ1) is 27.9. The van der Waals surface area contributed by atoms with Gasteiger partial charge in [-0.25, -0.2) is 0 Å². The summed E-state index contributed by atoms with van der Waals surface area (Å²) in [5, 5.41) is 20.5. The van der Waals surface area contributed by atoms with Crippen LogP contribution in [0.25, 0.3) is 10.9 Å². The molecule has 4 aromatic rings. The third kappa shape index (κ3) is 6.31. The number of fused-ring (bicyclic) bond motifs is 1. The van der Waals surface area contributed by atoms with Gasteiger partial charge in [0.15, 0.2) is 5.15 Å². The molecular formula is C29H32ClN5O4. The Balaban J connectivity index is 1.64. The molecule has 0 saturated heterocycles. The Morgan fingerprint density at radius 3 is 2.54 bits per heavy atom. The lowest BCUT2D eigenvalue weighted by Gasteiger charge is -2.18. The standard InChI is InChI=1S/C29H32ClN5O4/c1-17-15-34(25-14-22(29(39)31-4)10-11-23(17)25)19(3)28(38)32-24-13-20(16-35-18(2)12-26(30)33-35)8-9-21(24)6-5-7-27(36)37/h8-15,19H,5-7,16H2,1-4H3,(H,31,39)(H,32,38)(H,36,37). The number of hydrogen-bond acceptors (Lipinski definition) is 4. The second-order valence-corrected chi connectivity index (χ2v) is 10.1. The third-order valence-corrected chi connectivity index (χ3v) is 7.06. The highest BCUT2D eigenvalue weighted by molar-refractivity contribution is 6.29. The Kier molecular flexibility index (Phi) is 8.40. The van der Waals surface area contributed by atoms with Crippen molar-refractivity contribution in [1.82, 2.24) is 19.7 Å². The van der Waals surface area contributed by atoms with Crippen molar-refractivity contribution < 1.29 is 19.5 Å². The van der Waals surface area contributed by atoms with Crippen molar-refractivity contribution in [3.8, 4) is 0 Å². The number of aliphatic carboxylic acids is 1. The van der Waals surface area contributed by atoms with Crippen molar-refractivity contribution in [3.05, 3.63) is 81.8 Å². The SMILES string of the molecule is CNC(=O)c1ccc2c(C)cn(C(C)C(=O)Nc3cc(Cn4nc(Cl)cc4C)ccc3CCCC(=O)O)c2c1. The molecule has 4 rings (SSSR count). The highest BCUT2D eigenvalue weighted by Gasteiger charge is 2.20. The average molecular weight is 550 g/mol. The largest absolute Gasteiger partial charge is 0.481 e. The second-order valence-electron chi connectivity index (χ2n) is 9.70. The minimum atomic E-state index is -0.858. The molecule has 0 aliphatic heterocycles. The molecule has 3 N–H and O–H groups in total. The normalized spacial score (nSPS) is 11.9. The fourth-order valence-electron chi connectivity index (χ4n) is 4.69. The minimum absolute atomic E-state index is 0.0405. The van der Waals surface area contributed by atoms with Crippen LogP contribution in [0.5, 0.6) is 0 Å². The van der Waals surface area contributed by atoms with Crippen LogP contribution in [0.15, 0.2) is 48.7 Å². The van der Waals surface area contributed by atoms with Gasteiger partial charge in [-0.3, -0.25) is 19.1 Å². The topological polar surface area (TPSA) is 118 Å². The number of amides is 2. The number of hydrogen-bond donors (Lipinski definition) is 3. The van der Waals surface area contributed by atoms with Crippen LogP contribution in [0.3, 0.4) is 0 Å². The highest BCUT2D eigenvalue weighted by atomic mass is 35.5. The van der Waals surface area contributed by atoms with Gasteiger partial charge < -0.3 is 20.3 Å². The monoisotopic (exact) mass is 549 g/mol. The van der Waals surface area contributed by atoms with E-state index in [-0.39, 0.29) is 18.2 Å². The van der Waals surface area contributed by atoms with Gasteiger partial charge in [0.25, 0.3) is 5.91 Å². The van der Waals surface area contributed by atoms with E-state index in [1.807, 2.05) is 55.8 Å². The number of anilines is 1. The second kappa shape index (κ2) is 11.7. The molecule has 204 valence electrons. The van der Waals surface area contributed by atoms with Crippen LogP contribution in [0.4, 0.5) is 5.69 Å². The van der Waals surface area contributed by atoms with Gasteiger partial charge in [-0.05, 0) is 74.6 Å². The number of aryl methyl sites for hydroxylation is 3. The lowest BCUT2D eigenvalue weighted by atomic mass is 10.0. The molecule has 0 aliphatic rings. The molecule has 10 heteroatoms. The first-order valence-electron chi connectivity index (χ1n) is 12.7. The van der Waals surface area contributed by atoms with E-state index in [1.54, 1.807) is 29.9 Å². The van der Waals surface area contributed by atoms with Gasteiger partial charge in [0, 0.05) is 47.5 Å². The van der Waals surface area contributed by atoms with Gasteiger partial charge in [-0.15, -0.1) is 0 Å². The Bertz CT molecular complexity index is 1550. The summed E-state index contributed by atoms with van der Waals surface area (Å²) in [7, 11) is 1.58. The van der Waals surface area contributed by atoms with Crippen molar-refractivity contribution >= 4 is 46.0 Å². The average Bonchev–Trinajstić information content (AvgIpc) is 3.40. The van der Waals surface area contributed by atoms with E-state index in [2.05, 4.69) is 15.7 Å². The maximum Gasteiger partial charge on any atom is 0.303 e. The van der Waals surface area contributed by atoms with Crippen LogP contribution in [-0.4, -0.2) is 44.3 Å². The summed E-state index contributed by atoms with van der Waals surface area (Å²) in [6, 6.07) is 12.4. The van der Waals surface area contributed by atoms with Gasteiger partial charge in [0.2, 0.25) is 5.91 Å². The number of aromatic nitrogens is 3. The van der Waals surface area contributed by atoms with Crippen LogP contribution < -0.4 is 10.6 Å². The minimum Gasteiger partial charge on any atom is -0.481 e. The molecule has 0 saturated carbocycles. The Morgan fingerprint density at radius 1 is 1.10 bits per heavy atom. The molecule has 0 aliphatic carbocycles. The quantitative estimate of drug-likeness (QED) is 0.254. The van der Waals surface area contributed by atoms with E-state index < -0.39 is 12.0 Å². The molecule has 2 amide bonds. The number of nitrogens with one attached hydrogen (secondary N) is 2. The summed E-state index contributed by atoms with van der Waals surface area (Å²) >= 11 is 6.05. The van der Waals surface area contributed by atoms with E-state index in [1.165, 1.54) is 0 Å². The zero-order valence-corrected chi connectivity index (χ0v) is 23.2. The molecule has 0 fully saturated rings. The van der Waals surface area contributed by atoms with Gasteiger partial charge in [-0.1, -0.05) is 29.8 Å². The van der Waals surface area contributed by atoms with Crippen molar-refractivity contribution in [2.75, 3.05) is 12.4 Å². The first-order chi connectivity index (χ1) is 18.6. The maximum atomic E-state index is 13.6. The van der Waals surface area contributed by atoms with Crippen LogP contribution in [0, 0.1) is 13.8 Å². The number of carboxylic acids is 1. The van der Waals surface area contributed by atoms with Crippen molar-refractivity contribution in [1.29, 1.82) is 0 Å². The number of carbonyl (C=O) groups excluding carboxylic acids is 2. The van der Waals surface area contributed by atoms with Gasteiger partial charge in [0.1, 0.15) is 6.04 Å². The molecule has 9 nitrogen and oxygen atoms in total. The van der Waals surface area contributed by atoms with Crippen LogP contribution >= 0.6 is 11.6 Å². The predicted octanol–water partition coefficient (Wildman–Crippen LogP) is 5.12. The number of carboxylic acid groups (broad SMARTS) is 1. The Labute approximate surface area is 231 Å². The van der Waals surface area contributed by atoms with Crippen molar-refractivity contribution in [2.45, 2.75) is 52.6 Å². The predicted molar refractivity (Wildman–Crippen MR) is 151 cm³/mol. The molecule has 2 heterocycles. The Morgan fingerprint density at radius 2 is 1.87 bits per heavy atom. The number of halogens is 1. The van der Waals surface area contributed by atoms with E-state index >= 15 is 0 Å². The van der Waals surface area contributed by atoms with Crippen LogP contribution in [0.1, 0.15) is 58.5 Å². The van der Waals surface area contributed by atoms with Crippen molar-refractivity contribution in [2.24, 2.45) is 0 Å². The molecule has 0 bridgehead atoms. The van der Waals surface area contributed by atoms with Crippen LogP contribution in [-0.2, 0) is 22.6 Å². The van der Waals surface area contributed by atoms with E-state index in [0.717, 1.165) is 33.3 Å². The number of rotatable bonds is 10. The van der Waals surface area contributed by atoms with E-state index in [4.69, 9.17) is 16.7 Å². The summed E-state index contributed by atoms with van der Waals surface area (Å²) in [5.41, 5.74) is 5.61. The molecule has 1 atom stereocenters. The molecule has 2 aromatic carbocycles. The third-order valence-electron chi connectivity index (χ3n) is 6.87. The number of benzene rings is 2. The maximum absolute atomic E-state index is 13.6. The fourth-order valence-corrected chi connectivity index (χ4v) is 4.93. The highest BCUT2D eigenvalue weighted by Crippen LogP contribution is 2.28. The Hall–Kier alpha value is -4.11. The fraction of sp³-hybridized carbons (Fsp3) is 0.310. The molecule has 0 radical (unpaired) electrons. The molecular weight excluding hydrogens is 518 g/mol. The van der Waals surface area contributed by atoms with E-state index in [0.29, 0.717) is 35.8 Å². The molecule has 1 unspecified atom stereocenters. The number of carbonyl (C=O) groups is 3. The molecule has 39 heavy (non-hydrogen) atoms. The van der Waals surface area contributed by atoms with Gasteiger partial charge >= 0.3 is 5.97 Å². The summed E-state index contributed by atoms with van der Waals surface area (Å²) in [6.45, 7) is 6.17. The lowest BCUT2D eigenvalue weighted by molar-refractivity contribution is -0.137. The summed E-state index contributed by atoms with van der Waals surface area (Å²) in [6.07, 6.45) is 2.91. The summed E-state index contributed by atoms with van der Waals surface area (Å²) in [5.74, 6) is -1.29. The van der Waals surface area contributed by atoms with Crippen LogP contribution in [0.2, 0.25) is 5.15 Å². The summed E-state index contributed by atoms with van der Waals surface area (Å²) in [4.78, 5) is 36.8. The van der Waals surface area contributed by atoms with Crippen molar-refractivity contribution in [3.63, 3.8) is 0 Å². The molecule has 2 aromatic heterocycles. The summed E-state index contributed by atoms with van der Waals surface area (Å²) < 4.78 is 3.66. The number of nitrogens with zero attached hydrogens (tertiary/aromatic N) is 3. The lowest BCUT2D eigenvalue weighted by Crippen LogP contribution is -2.24. The zero-order valence-electron chi connectivity index (χ0n) is 22.4. The van der Waals surface area contributed by atoms with Gasteiger partial charge in [-0.2, -0.15) is 5.10 Å². The zero-order chi connectivity index (χ0) is 28.3. The van der Waals surface area contributed by atoms with Gasteiger partial charge in [0.05, 0.1) is 6.54 Å². The molecule has 0 spiro atoms. The smallest absolute Gasteiger partial charge is 0.303 e. The first-order valence-corrected chi connectivity index (χ1v) is 13.1. The van der Waals surface area contributed by atoms with E-state index in [9.17, 15) is 14.4 Å².